The number of rotatable bonds is 12. The number of fused-ring (bicyclic) bond motifs is 1. The minimum Gasteiger partial charge on any atom is -0.468 e. The number of aromatic nitrogens is 1. The fraction of sp³-hybridized carbons (Fsp3) is 0.391. The first kappa shape index (κ1) is 28.2. The van der Waals surface area contributed by atoms with Gasteiger partial charge in [-0.3, -0.25) is 19.4 Å². The van der Waals surface area contributed by atoms with Gasteiger partial charge < -0.3 is 34.1 Å². The minimum absolute atomic E-state index is 0.0213. The van der Waals surface area contributed by atoms with Crippen LogP contribution >= 0.6 is 11.8 Å². The van der Waals surface area contributed by atoms with Crippen molar-refractivity contribution in [2.24, 2.45) is 4.99 Å². The van der Waals surface area contributed by atoms with E-state index >= 15 is 0 Å². The number of esters is 2. The summed E-state index contributed by atoms with van der Waals surface area (Å²) < 4.78 is 16.5. The van der Waals surface area contributed by atoms with Crippen LogP contribution in [-0.2, 0) is 23.8 Å². The number of aliphatic hydroxyl groups excluding tert-OH is 2. The molecule has 3 N–H and O–H groups in total. The quantitative estimate of drug-likeness (QED) is 0.126. The van der Waals surface area contributed by atoms with Crippen LogP contribution in [0.15, 0.2) is 47.4 Å². The number of hydrogen-bond acceptors (Lipinski definition) is 11. The highest BCUT2D eigenvalue weighted by atomic mass is 32.2. The summed E-state index contributed by atoms with van der Waals surface area (Å²) in [4.78, 5) is 40.1. The number of hydrogen-bond donors (Lipinski definition) is 3. The third-order valence-electron chi connectivity index (χ3n) is 4.79. The number of ketones is 1. The second kappa shape index (κ2) is 13.2. The first-order chi connectivity index (χ1) is 16.6. The van der Waals surface area contributed by atoms with Gasteiger partial charge in [0.2, 0.25) is 5.78 Å². The summed E-state index contributed by atoms with van der Waals surface area (Å²) in [6, 6.07) is 6.67. The highest BCUT2D eigenvalue weighted by Crippen LogP contribution is 2.29. The van der Waals surface area contributed by atoms with E-state index in [0.717, 1.165) is 11.8 Å². The van der Waals surface area contributed by atoms with E-state index in [1.807, 2.05) is 0 Å². The van der Waals surface area contributed by atoms with E-state index < -0.39 is 42.4 Å². The molecule has 0 amide bonds. The van der Waals surface area contributed by atoms with Crippen LogP contribution in [0.4, 0.5) is 0 Å². The number of methoxy groups -OCH3 is 1. The van der Waals surface area contributed by atoms with Crippen molar-refractivity contribution < 1.29 is 43.9 Å². The van der Waals surface area contributed by atoms with Gasteiger partial charge in [-0.15, -0.1) is 0 Å². The van der Waals surface area contributed by atoms with Crippen molar-refractivity contribution in [1.82, 2.24) is 4.57 Å². The average molecular weight is 509 g/mol. The molecular formula is C23H28N2O9S. The molecule has 2 rings (SSSR count). The highest BCUT2D eigenvalue weighted by Gasteiger charge is 2.30. The van der Waals surface area contributed by atoms with Gasteiger partial charge in [0.05, 0.1) is 24.3 Å². The lowest BCUT2D eigenvalue weighted by molar-refractivity contribution is -0.216. The molecular weight excluding hydrogens is 480 g/mol. The summed E-state index contributed by atoms with van der Waals surface area (Å²) in [6.45, 7) is 5.47. The molecule has 2 aromatic rings. The maximum absolute atomic E-state index is 13.3. The van der Waals surface area contributed by atoms with Crippen molar-refractivity contribution in [2.75, 3.05) is 20.3 Å². The first-order valence-electron chi connectivity index (χ1n) is 10.5. The van der Waals surface area contributed by atoms with Gasteiger partial charge in [-0.1, -0.05) is 36.5 Å². The highest BCUT2D eigenvalue weighted by molar-refractivity contribution is 8.18. The van der Waals surface area contributed by atoms with E-state index in [9.17, 15) is 29.7 Å². The lowest BCUT2D eigenvalue weighted by Crippen LogP contribution is -2.38. The molecule has 0 radical (unpaired) electrons. The van der Waals surface area contributed by atoms with E-state index in [1.165, 1.54) is 37.1 Å². The van der Waals surface area contributed by atoms with Gasteiger partial charge in [-0.05, 0) is 18.4 Å². The van der Waals surface area contributed by atoms with Crippen LogP contribution in [0, 0.1) is 0 Å². The van der Waals surface area contributed by atoms with Gasteiger partial charge >= 0.3 is 11.9 Å². The number of para-hydroxylation sites is 1. The lowest BCUT2D eigenvalue weighted by atomic mass is 10.1. The summed E-state index contributed by atoms with van der Waals surface area (Å²) in [5.41, 5.74) is 0.572. The summed E-state index contributed by atoms with van der Waals surface area (Å²) in [5, 5.41) is 32.1. The minimum atomic E-state index is -2.07. The molecule has 35 heavy (non-hydrogen) atoms. The molecule has 190 valence electrons. The van der Waals surface area contributed by atoms with Crippen molar-refractivity contribution in [2.45, 2.75) is 38.6 Å². The maximum atomic E-state index is 13.3. The third kappa shape index (κ3) is 7.47. The molecule has 0 spiro atoms. The molecule has 0 aliphatic heterocycles. The average Bonchev–Trinajstić information content (AvgIpc) is 3.19. The number of benzene rings is 1. The largest absolute Gasteiger partial charge is 0.468 e. The molecule has 0 saturated heterocycles. The van der Waals surface area contributed by atoms with Crippen molar-refractivity contribution in [3.05, 3.63) is 48.0 Å². The zero-order valence-electron chi connectivity index (χ0n) is 19.5. The Morgan fingerprint density at radius 3 is 2.49 bits per heavy atom. The first-order valence-corrected chi connectivity index (χ1v) is 11.3. The second-order valence-corrected chi connectivity index (χ2v) is 8.26. The number of carbonyl (C=O) groups is 3. The Bertz CT molecular complexity index is 1090. The number of thioether (sulfide) groups is 1. The van der Waals surface area contributed by atoms with Gasteiger partial charge in [0.25, 0.3) is 0 Å². The molecule has 1 aromatic heterocycles. The fourth-order valence-corrected chi connectivity index (χ4v) is 3.62. The van der Waals surface area contributed by atoms with Crippen LogP contribution in [0.3, 0.4) is 0 Å². The molecule has 12 heteroatoms. The zero-order chi connectivity index (χ0) is 26.1. The Hall–Kier alpha value is -3.03. The molecule has 1 heterocycles. The molecule has 0 aliphatic rings. The molecule has 1 aromatic carbocycles. The van der Waals surface area contributed by atoms with Crippen molar-refractivity contribution >= 4 is 45.4 Å². The monoisotopic (exact) mass is 508 g/mol. The van der Waals surface area contributed by atoms with Gasteiger partial charge in [0, 0.05) is 18.5 Å². The van der Waals surface area contributed by atoms with E-state index in [1.54, 1.807) is 24.3 Å². The fourth-order valence-electron chi connectivity index (χ4n) is 3.10. The lowest BCUT2D eigenvalue weighted by Gasteiger charge is -2.29. The van der Waals surface area contributed by atoms with Gasteiger partial charge in [-0.25, -0.2) is 0 Å². The SMILES string of the molecule is C=CSC(=NCC(=O)OC)C(=O)c1cn(C(OC(COC(C)=O)C(C)O)C(O)O)c2ccccc12. The van der Waals surface area contributed by atoms with E-state index in [-0.39, 0.29) is 23.8 Å². The Morgan fingerprint density at radius 1 is 1.23 bits per heavy atom. The zero-order valence-corrected chi connectivity index (χ0v) is 20.3. The second-order valence-electron chi connectivity index (χ2n) is 7.30. The van der Waals surface area contributed by atoms with Crippen molar-refractivity contribution in [3.8, 4) is 0 Å². The molecule has 11 nitrogen and oxygen atoms in total. The van der Waals surface area contributed by atoms with Crippen LogP contribution in [0.5, 0.6) is 0 Å². The number of ether oxygens (including phenoxy) is 3. The van der Waals surface area contributed by atoms with Gasteiger partial charge in [-0.2, -0.15) is 0 Å². The van der Waals surface area contributed by atoms with Crippen molar-refractivity contribution in [1.29, 1.82) is 0 Å². The van der Waals surface area contributed by atoms with Gasteiger partial charge in [0.15, 0.2) is 12.5 Å². The Morgan fingerprint density at radius 2 is 1.91 bits per heavy atom. The topological polar surface area (TPSA) is 157 Å². The summed E-state index contributed by atoms with van der Waals surface area (Å²) in [5.74, 6) is -1.76. The van der Waals surface area contributed by atoms with Crippen LogP contribution in [0.25, 0.3) is 10.9 Å². The number of carbonyl (C=O) groups excluding carboxylic acids is 3. The van der Waals surface area contributed by atoms with E-state index in [4.69, 9.17) is 9.47 Å². The predicted octanol–water partition coefficient (Wildman–Crippen LogP) is 1.41. The molecule has 0 saturated carbocycles. The standard InChI is InChI=1S/C23H28N2O9S/c1-5-35-21(24-10-19(28)32-4)20(29)16-11-25(17-9-7-6-8-15(16)17)22(23(30)31)34-18(13(2)26)12-33-14(3)27/h5-9,11,13,18,22-23,26,30-31H,1,10,12H2,2-4H3. The number of Topliss-reactive ketones (excluding diaryl/α,β-unsaturated/α-hetero) is 1. The summed E-state index contributed by atoms with van der Waals surface area (Å²) in [7, 11) is 1.20. The van der Waals surface area contributed by atoms with Crippen LogP contribution in [-0.4, -0.2) is 81.4 Å². The summed E-state index contributed by atoms with van der Waals surface area (Å²) in [6.07, 6.45) is -4.40. The number of aliphatic hydroxyl groups is 3. The Kier molecular flexibility index (Phi) is 10.6. The van der Waals surface area contributed by atoms with Crippen LogP contribution in [0.1, 0.15) is 30.4 Å². The van der Waals surface area contributed by atoms with Crippen LogP contribution in [0.2, 0.25) is 0 Å². The number of aliphatic imine (C=N–C) groups is 1. The Balaban J connectivity index is 2.53. The maximum Gasteiger partial charge on any atom is 0.327 e. The summed E-state index contributed by atoms with van der Waals surface area (Å²) >= 11 is 0.924. The molecule has 3 unspecified atom stereocenters. The Labute approximate surface area is 206 Å². The molecule has 3 atom stereocenters. The molecule has 0 bridgehead atoms. The third-order valence-corrected chi connectivity index (χ3v) is 5.49. The normalized spacial score (nSPS) is 14.4. The molecule has 0 fully saturated rings. The number of nitrogens with zero attached hydrogens (tertiary/aromatic N) is 2. The van der Waals surface area contributed by atoms with Crippen LogP contribution < -0.4 is 0 Å². The smallest absolute Gasteiger partial charge is 0.327 e. The van der Waals surface area contributed by atoms with Gasteiger partial charge in [0.1, 0.15) is 24.3 Å². The van der Waals surface area contributed by atoms with Crippen molar-refractivity contribution in [3.63, 3.8) is 0 Å². The van der Waals surface area contributed by atoms with E-state index in [0.29, 0.717) is 10.9 Å². The predicted molar refractivity (Wildman–Crippen MR) is 129 cm³/mol. The van der Waals surface area contributed by atoms with E-state index in [2.05, 4.69) is 16.3 Å². The molecule has 0 aliphatic carbocycles.